The number of hydrogen-bond acceptors (Lipinski definition) is 4. The van der Waals surface area contributed by atoms with Crippen molar-refractivity contribution in [2.45, 2.75) is 13.0 Å². The molecule has 6 nitrogen and oxygen atoms in total. The van der Waals surface area contributed by atoms with Gasteiger partial charge < -0.3 is 10.6 Å². The molecule has 1 aromatic heterocycles. The van der Waals surface area contributed by atoms with Crippen LogP contribution in [-0.2, 0) is 4.79 Å². The van der Waals surface area contributed by atoms with Crippen LogP contribution in [0, 0.1) is 11.6 Å². The Kier molecular flexibility index (Phi) is 5.78. The molecule has 0 aliphatic carbocycles. The van der Waals surface area contributed by atoms with E-state index in [0.717, 1.165) is 12.1 Å². The van der Waals surface area contributed by atoms with Gasteiger partial charge in [-0.1, -0.05) is 17.7 Å². The Hall–Kier alpha value is -2.84. The van der Waals surface area contributed by atoms with Crippen molar-refractivity contribution >= 4 is 23.2 Å². The van der Waals surface area contributed by atoms with Gasteiger partial charge in [-0.3, -0.25) is 4.79 Å². The van der Waals surface area contributed by atoms with E-state index in [1.54, 1.807) is 25.1 Å². The van der Waals surface area contributed by atoms with Crippen LogP contribution in [-0.4, -0.2) is 27.2 Å². The molecule has 0 fully saturated rings. The molecule has 0 radical (unpaired) electrons. The minimum Gasteiger partial charge on any atom is -0.323 e. The molecule has 1 amide bonds. The Morgan fingerprint density at radius 2 is 2.04 bits per heavy atom. The van der Waals surface area contributed by atoms with Gasteiger partial charge in [-0.2, -0.15) is 5.10 Å². The lowest BCUT2D eigenvalue weighted by atomic mass is 10.1. The van der Waals surface area contributed by atoms with E-state index in [2.05, 4.69) is 20.7 Å². The maximum Gasteiger partial charge on any atom is 0.238 e. The van der Waals surface area contributed by atoms with E-state index in [0.29, 0.717) is 22.0 Å². The van der Waals surface area contributed by atoms with Gasteiger partial charge >= 0.3 is 0 Å². The van der Waals surface area contributed by atoms with Gasteiger partial charge in [-0.15, -0.1) is 0 Å². The van der Waals surface area contributed by atoms with Gasteiger partial charge in [-0.05, 0) is 42.8 Å². The number of nitrogens with zero attached hydrogens (tertiary/aromatic N) is 3. The molecule has 0 unspecified atom stereocenters. The predicted octanol–water partition coefficient (Wildman–Crippen LogP) is 3.49. The summed E-state index contributed by atoms with van der Waals surface area (Å²) in [7, 11) is 0. The summed E-state index contributed by atoms with van der Waals surface area (Å²) in [5.74, 6) is -2.17. The number of amides is 1. The molecule has 2 N–H and O–H groups in total. The zero-order chi connectivity index (χ0) is 19.4. The second kappa shape index (κ2) is 8.24. The molecule has 1 heterocycles. The van der Waals surface area contributed by atoms with Crippen LogP contribution in [0.5, 0.6) is 0 Å². The minimum absolute atomic E-state index is 0.0382. The van der Waals surface area contributed by atoms with E-state index in [-0.39, 0.29) is 18.5 Å². The lowest BCUT2D eigenvalue weighted by molar-refractivity contribution is -0.115. The zero-order valence-electron chi connectivity index (χ0n) is 14.3. The van der Waals surface area contributed by atoms with E-state index in [9.17, 15) is 13.6 Å². The third kappa shape index (κ3) is 4.66. The molecule has 1 atom stereocenters. The highest BCUT2D eigenvalue weighted by molar-refractivity contribution is 6.31. The van der Waals surface area contributed by atoms with Crippen molar-refractivity contribution < 1.29 is 13.6 Å². The molecule has 3 aromatic rings. The predicted molar refractivity (Wildman–Crippen MR) is 97.8 cm³/mol. The van der Waals surface area contributed by atoms with Gasteiger partial charge in [0.05, 0.1) is 17.9 Å². The van der Waals surface area contributed by atoms with Crippen molar-refractivity contribution in [3.63, 3.8) is 0 Å². The van der Waals surface area contributed by atoms with Gasteiger partial charge in [0.2, 0.25) is 5.91 Å². The van der Waals surface area contributed by atoms with Gasteiger partial charge in [-0.25, -0.2) is 18.4 Å². The highest BCUT2D eigenvalue weighted by Gasteiger charge is 2.13. The Bertz CT molecular complexity index is 949. The lowest BCUT2D eigenvalue weighted by Crippen LogP contribution is -2.30. The SMILES string of the molecule is C[C@H](NCC(=O)Nc1cc(Cl)ccc1-n1cncn1)c1ccc(F)c(F)c1. The fourth-order valence-corrected chi connectivity index (χ4v) is 2.65. The third-order valence-electron chi connectivity index (χ3n) is 3.91. The maximum atomic E-state index is 13.3. The van der Waals surface area contributed by atoms with Crippen LogP contribution in [0.25, 0.3) is 5.69 Å². The summed E-state index contributed by atoms with van der Waals surface area (Å²) in [6.45, 7) is 1.71. The van der Waals surface area contributed by atoms with Crippen molar-refractivity contribution in [2.75, 3.05) is 11.9 Å². The average Bonchev–Trinajstić information content (AvgIpc) is 3.16. The van der Waals surface area contributed by atoms with E-state index in [1.807, 2.05) is 0 Å². The number of rotatable bonds is 6. The molecule has 0 spiro atoms. The van der Waals surface area contributed by atoms with Crippen LogP contribution >= 0.6 is 11.6 Å². The van der Waals surface area contributed by atoms with Gasteiger partial charge in [0.1, 0.15) is 12.7 Å². The number of carbonyl (C=O) groups is 1. The molecule has 9 heteroatoms. The van der Waals surface area contributed by atoms with Crippen LogP contribution in [0.1, 0.15) is 18.5 Å². The van der Waals surface area contributed by atoms with E-state index < -0.39 is 11.6 Å². The van der Waals surface area contributed by atoms with E-state index in [1.165, 1.54) is 23.4 Å². The zero-order valence-corrected chi connectivity index (χ0v) is 15.0. The van der Waals surface area contributed by atoms with Gasteiger partial charge in [0, 0.05) is 11.1 Å². The number of hydrogen-bond donors (Lipinski definition) is 2. The van der Waals surface area contributed by atoms with Crippen molar-refractivity contribution in [1.82, 2.24) is 20.1 Å². The summed E-state index contributed by atoms with van der Waals surface area (Å²) >= 11 is 6.02. The lowest BCUT2D eigenvalue weighted by Gasteiger charge is -2.15. The van der Waals surface area contributed by atoms with E-state index in [4.69, 9.17) is 11.6 Å². The van der Waals surface area contributed by atoms with Crippen LogP contribution in [0.4, 0.5) is 14.5 Å². The molecule has 140 valence electrons. The Morgan fingerprint density at radius 1 is 1.22 bits per heavy atom. The molecule has 0 bridgehead atoms. The van der Waals surface area contributed by atoms with Crippen molar-refractivity contribution in [3.8, 4) is 5.69 Å². The second-order valence-electron chi connectivity index (χ2n) is 5.83. The fourth-order valence-electron chi connectivity index (χ4n) is 2.48. The first-order valence-corrected chi connectivity index (χ1v) is 8.44. The van der Waals surface area contributed by atoms with Crippen molar-refractivity contribution in [3.05, 3.63) is 71.3 Å². The topological polar surface area (TPSA) is 71.8 Å². The van der Waals surface area contributed by atoms with Crippen LogP contribution in [0.15, 0.2) is 49.1 Å². The Morgan fingerprint density at radius 3 is 2.74 bits per heavy atom. The summed E-state index contributed by atoms with van der Waals surface area (Å²) in [4.78, 5) is 16.2. The molecule has 0 saturated heterocycles. The smallest absolute Gasteiger partial charge is 0.238 e. The van der Waals surface area contributed by atoms with Crippen LogP contribution in [0.2, 0.25) is 5.02 Å². The molecule has 3 rings (SSSR count). The Balaban J connectivity index is 1.66. The monoisotopic (exact) mass is 391 g/mol. The highest BCUT2D eigenvalue weighted by Crippen LogP contribution is 2.24. The summed E-state index contributed by atoms with van der Waals surface area (Å²) < 4.78 is 27.9. The van der Waals surface area contributed by atoms with Gasteiger partial charge in [0.25, 0.3) is 0 Å². The number of aromatic nitrogens is 3. The van der Waals surface area contributed by atoms with Gasteiger partial charge in [0.15, 0.2) is 11.6 Å². The molecule has 27 heavy (non-hydrogen) atoms. The summed E-state index contributed by atoms with van der Waals surface area (Å²) in [6.07, 6.45) is 2.88. The minimum atomic E-state index is -0.929. The molecule has 2 aromatic carbocycles. The fraction of sp³-hybridized carbons (Fsp3) is 0.167. The first kappa shape index (κ1) is 18.9. The molecule has 0 saturated carbocycles. The maximum absolute atomic E-state index is 13.3. The van der Waals surface area contributed by atoms with Crippen LogP contribution < -0.4 is 10.6 Å². The molecule has 0 aliphatic rings. The first-order chi connectivity index (χ1) is 12.9. The average molecular weight is 392 g/mol. The third-order valence-corrected chi connectivity index (χ3v) is 4.15. The standard InChI is InChI=1S/C18H16ClF2N5O/c1-11(12-2-4-14(20)15(21)6-12)23-8-18(27)25-16-7-13(19)3-5-17(16)26-10-22-9-24-26/h2-7,9-11,23H,8H2,1H3,(H,25,27)/t11-/m0/s1. The Labute approximate surface area is 159 Å². The van der Waals surface area contributed by atoms with E-state index >= 15 is 0 Å². The number of halogens is 3. The highest BCUT2D eigenvalue weighted by atomic mass is 35.5. The molecular weight excluding hydrogens is 376 g/mol. The molecule has 0 aliphatic heterocycles. The summed E-state index contributed by atoms with van der Waals surface area (Å²) in [5.41, 5.74) is 1.62. The van der Waals surface area contributed by atoms with Crippen LogP contribution in [0.3, 0.4) is 0 Å². The second-order valence-corrected chi connectivity index (χ2v) is 6.26. The number of carbonyl (C=O) groups excluding carboxylic acids is 1. The number of anilines is 1. The first-order valence-electron chi connectivity index (χ1n) is 8.07. The number of nitrogens with one attached hydrogen (secondary N) is 2. The number of benzene rings is 2. The largest absolute Gasteiger partial charge is 0.323 e. The summed E-state index contributed by atoms with van der Waals surface area (Å²) in [5, 5.41) is 10.2. The quantitative estimate of drug-likeness (QED) is 0.674. The van der Waals surface area contributed by atoms with Crippen molar-refractivity contribution in [1.29, 1.82) is 0 Å². The normalized spacial score (nSPS) is 12.0. The summed E-state index contributed by atoms with van der Waals surface area (Å²) in [6, 6.07) is 8.27. The van der Waals surface area contributed by atoms with Crippen molar-refractivity contribution in [2.24, 2.45) is 0 Å². The molecular formula is C18H16ClF2N5O.